The van der Waals surface area contributed by atoms with E-state index in [2.05, 4.69) is 5.32 Å². The molecule has 2 N–H and O–H groups in total. The highest BCUT2D eigenvalue weighted by Gasteiger charge is 2.04. The van der Waals surface area contributed by atoms with Gasteiger partial charge in [0.25, 0.3) is 0 Å². The lowest BCUT2D eigenvalue weighted by molar-refractivity contribution is -0.118. The van der Waals surface area contributed by atoms with Gasteiger partial charge in [-0.2, -0.15) is 0 Å². The molecule has 5 heteroatoms. The SMILES string of the molecule is O=C(CO)Nc1cc(Cl)ccc1Cl. The van der Waals surface area contributed by atoms with Crippen LogP contribution in [0, 0.1) is 0 Å². The maximum atomic E-state index is 10.8. The summed E-state index contributed by atoms with van der Waals surface area (Å²) in [7, 11) is 0. The van der Waals surface area contributed by atoms with Crippen molar-refractivity contribution in [1.29, 1.82) is 0 Å². The van der Waals surface area contributed by atoms with Crippen LogP contribution in [0.25, 0.3) is 0 Å². The zero-order valence-corrected chi connectivity index (χ0v) is 8.06. The highest BCUT2D eigenvalue weighted by Crippen LogP contribution is 2.25. The van der Waals surface area contributed by atoms with Gasteiger partial charge in [-0.05, 0) is 18.2 Å². The van der Waals surface area contributed by atoms with Gasteiger partial charge >= 0.3 is 0 Å². The number of amides is 1. The Morgan fingerprint density at radius 3 is 2.77 bits per heavy atom. The molecule has 0 saturated heterocycles. The molecule has 0 aromatic heterocycles. The van der Waals surface area contributed by atoms with E-state index in [0.29, 0.717) is 15.7 Å². The van der Waals surface area contributed by atoms with Crippen LogP contribution in [0.4, 0.5) is 5.69 Å². The number of anilines is 1. The van der Waals surface area contributed by atoms with Gasteiger partial charge in [0.05, 0.1) is 10.7 Å². The molecular weight excluding hydrogens is 213 g/mol. The van der Waals surface area contributed by atoms with E-state index >= 15 is 0 Å². The summed E-state index contributed by atoms with van der Waals surface area (Å²) in [5, 5.41) is 11.7. The Morgan fingerprint density at radius 1 is 1.46 bits per heavy atom. The van der Waals surface area contributed by atoms with E-state index in [9.17, 15) is 4.79 Å². The largest absolute Gasteiger partial charge is 0.387 e. The summed E-state index contributed by atoms with van der Waals surface area (Å²) in [5.74, 6) is -0.524. The molecule has 13 heavy (non-hydrogen) atoms. The molecule has 0 heterocycles. The van der Waals surface area contributed by atoms with E-state index in [-0.39, 0.29) is 0 Å². The molecule has 0 spiro atoms. The van der Waals surface area contributed by atoms with Crippen LogP contribution in [-0.2, 0) is 4.79 Å². The van der Waals surface area contributed by atoms with Gasteiger partial charge in [0.15, 0.2) is 0 Å². The number of nitrogens with one attached hydrogen (secondary N) is 1. The number of aliphatic hydroxyl groups is 1. The zero-order chi connectivity index (χ0) is 9.84. The van der Waals surface area contributed by atoms with Crippen molar-refractivity contribution in [2.75, 3.05) is 11.9 Å². The lowest BCUT2D eigenvalue weighted by Crippen LogP contribution is -2.15. The quantitative estimate of drug-likeness (QED) is 0.799. The minimum Gasteiger partial charge on any atom is -0.387 e. The molecule has 0 saturated carbocycles. The Hall–Kier alpha value is -0.770. The number of hydrogen-bond donors (Lipinski definition) is 2. The van der Waals surface area contributed by atoms with E-state index in [0.717, 1.165) is 0 Å². The van der Waals surface area contributed by atoms with E-state index in [4.69, 9.17) is 28.3 Å². The summed E-state index contributed by atoms with van der Waals surface area (Å²) in [6, 6.07) is 4.69. The molecule has 1 aromatic carbocycles. The third-order valence-corrected chi connectivity index (χ3v) is 1.91. The molecule has 1 aromatic rings. The molecule has 0 bridgehead atoms. The molecule has 0 atom stereocenters. The Morgan fingerprint density at radius 2 is 2.15 bits per heavy atom. The van der Waals surface area contributed by atoms with Crippen molar-refractivity contribution in [3.63, 3.8) is 0 Å². The fourth-order valence-corrected chi connectivity index (χ4v) is 1.12. The Balaban J connectivity index is 2.87. The fourth-order valence-electron chi connectivity index (χ4n) is 0.783. The predicted molar refractivity (Wildman–Crippen MR) is 52.2 cm³/mol. The smallest absolute Gasteiger partial charge is 0.250 e. The number of carbonyl (C=O) groups excluding carboxylic acids is 1. The van der Waals surface area contributed by atoms with Gasteiger partial charge in [-0.15, -0.1) is 0 Å². The molecule has 70 valence electrons. The molecule has 1 rings (SSSR count). The molecule has 3 nitrogen and oxygen atoms in total. The summed E-state index contributed by atoms with van der Waals surface area (Å²) in [6.07, 6.45) is 0. The van der Waals surface area contributed by atoms with Gasteiger partial charge in [0, 0.05) is 5.02 Å². The van der Waals surface area contributed by atoms with Crippen LogP contribution in [0.2, 0.25) is 10.0 Å². The first-order valence-electron chi connectivity index (χ1n) is 3.49. The summed E-state index contributed by atoms with van der Waals surface area (Å²) >= 11 is 11.4. The van der Waals surface area contributed by atoms with Crippen molar-refractivity contribution in [3.8, 4) is 0 Å². The minimum atomic E-state index is -0.581. The summed E-state index contributed by atoms with van der Waals surface area (Å²) in [4.78, 5) is 10.8. The lowest BCUT2D eigenvalue weighted by Gasteiger charge is -2.05. The lowest BCUT2D eigenvalue weighted by atomic mass is 10.3. The standard InChI is InChI=1S/C8H7Cl2NO2/c9-5-1-2-6(10)7(3-5)11-8(13)4-12/h1-3,12H,4H2,(H,11,13). The number of carbonyl (C=O) groups is 1. The number of benzene rings is 1. The third kappa shape index (κ3) is 2.88. The number of hydrogen-bond acceptors (Lipinski definition) is 2. The fraction of sp³-hybridized carbons (Fsp3) is 0.125. The van der Waals surface area contributed by atoms with E-state index in [1.807, 2.05) is 0 Å². The maximum Gasteiger partial charge on any atom is 0.250 e. The Kier molecular flexibility index (Phi) is 3.54. The molecule has 0 aliphatic carbocycles. The van der Waals surface area contributed by atoms with Gasteiger partial charge in [-0.25, -0.2) is 0 Å². The molecule has 0 aliphatic heterocycles. The Bertz CT molecular complexity index is 328. The van der Waals surface area contributed by atoms with Gasteiger partial charge in [-0.1, -0.05) is 23.2 Å². The molecule has 0 unspecified atom stereocenters. The van der Waals surface area contributed by atoms with Crippen LogP contribution < -0.4 is 5.32 Å². The highest BCUT2D eigenvalue weighted by atomic mass is 35.5. The molecule has 0 fully saturated rings. The number of halogens is 2. The predicted octanol–water partition coefficient (Wildman–Crippen LogP) is 1.92. The summed E-state index contributed by atoms with van der Waals surface area (Å²) in [5.41, 5.74) is 0.396. The average molecular weight is 220 g/mol. The summed E-state index contributed by atoms with van der Waals surface area (Å²) < 4.78 is 0. The van der Waals surface area contributed by atoms with Crippen molar-refractivity contribution in [2.45, 2.75) is 0 Å². The topological polar surface area (TPSA) is 49.3 Å². The van der Waals surface area contributed by atoms with Gasteiger partial charge in [0.2, 0.25) is 5.91 Å². The van der Waals surface area contributed by atoms with Crippen LogP contribution >= 0.6 is 23.2 Å². The van der Waals surface area contributed by atoms with Crippen molar-refractivity contribution >= 4 is 34.8 Å². The first-order valence-corrected chi connectivity index (χ1v) is 4.25. The highest BCUT2D eigenvalue weighted by molar-refractivity contribution is 6.35. The monoisotopic (exact) mass is 219 g/mol. The Labute approximate surface area is 85.3 Å². The van der Waals surface area contributed by atoms with Crippen molar-refractivity contribution in [3.05, 3.63) is 28.2 Å². The average Bonchev–Trinajstić information content (AvgIpc) is 2.11. The summed E-state index contributed by atoms with van der Waals surface area (Å²) in [6.45, 7) is -0.581. The normalized spacial score (nSPS) is 9.77. The van der Waals surface area contributed by atoms with E-state index in [1.165, 1.54) is 6.07 Å². The second-order valence-electron chi connectivity index (χ2n) is 2.33. The van der Waals surface area contributed by atoms with Crippen LogP contribution in [0.15, 0.2) is 18.2 Å². The van der Waals surface area contributed by atoms with Gasteiger partial charge in [0.1, 0.15) is 6.61 Å². The van der Waals surface area contributed by atoms with Crippen molar-refractivity contribution < 1.29 is 9.90 Å². The van der Waals surface area contributed by atoms with Crippen molar-refractivity contribution in [2.24, 2.45) is 0 Å². The maximum absolute atomic E-state index is 10.8. The third-order valence-electron chi connectivity index (χ3n) is 1.35. The van der Waals surface area contributed by atoms with Crippen LogP contribution in [0.5, 0.6) is 0 Å². The van der Waals surface area contributed by atoms with Crippen LogP contribution in [0.1, 0.15) is 0 Å². The van der Waals surface area contributed by atoms with E-state index in [1.54, 1.807) is 12.1 Å². The van der Waals surface area contributed by atoms with E-state index < -0.39 is 12.5 Å². The molecule has 0 radical (unpaired) electrons. The second-order valence-corrected chi connectivity index (χ2v) is 3.17. The first kappa shape index (κ1) is 10.3. The van der Waals surface area contributed by atoms with Crippen molar-refractivity contribution in [1.82, 2.24) is 0 Å². The minimum absolute atomic E-state index is 0.381. The van der Waals surface area contributed by atoms with Crippen LogP contribution in [-0.4, -0.2) is 17.6 Å². The molecular formula is C8H7Cl2NO2. The number of rotatable bonds is 2. The first-order chi connectivity index (χ1) is 6.13. The molecule has 0 aliphatic rings. The van der Waals surface area contributed by atoms with Gasteiger partial charge < -0.3 is 10.4 Å². The zero-order valence-electron chi connectivity index (χ0n) is 6.55. The number of aliphatic hydroxyl groups excluding tert-OH is 1. The molecule has 1 amide bonds. The second kappa shape index (κ2) is 4.46. The van der Waals surface area contributed by atoms with Gasteiger partial charge in [-0.3, -0.25) is 4.79 Å². The van der Waals surface area contributed by atoms with Crippen LogP contribution in [0.3, 0.4) is 0 Å².